The number of fused-ring (bicyclic) bond motifs is 9. The van der Waals surface area contributed by atoms with Crippen LogP contribution in [0.25, 0.3) is 77.6 Å². The number of hydrogen-bond donors (Lipinski definition) is 3. The van der Waals surface area contributed by atoms with Crippen molar-refractivity contribution in [2.45, 2.75) is 27.7 Å². The maximum atomic E-state index is 15.8. The fourth-order valence-electron chi connectivity index (χ4n) is 7.33. The molecular formula is C41H19F15N4. The molecule has 8 rings (SSSR count). The number of halogens is 15. The summed E-state index contributed by atoms with van der Waals surface area (Å²) in [7, 11) is 0. The Morgan fingerprint density at radius 1 is 0.300 bits per heavy atom. The van der Waals surface area contributed by atoms with E-state index >= 15 is 26.3 Å². The van der Waals surface area contributed by atoms with Gasteiger partial charge in [0, 0.05) is 38.8 Å². The van der Waals surface area contributed by atoms with Crippen LogP contribution in [0.2, 0.25) is 0 Å². The topological polar surface area (TPSA) is 60.3 Å². The molecule has 4 nitrogen and oxygen atoms in total. The van der Waals surface area contributed by atoms with Gasteiger partial charge in [-0.15, -0.1) is 0 Å². The number of aromatic nitrogens is 4. The van der Waals surface area contributed by atoms with Crippen LogP contribution >= 0.6 is 0 Å². The Hall–Kier alpha value is -6.66. The number of allylic oxidation sites excluding steroid dienone is 2. The van der Waals surface area contributed by atoms with Gasteiger partial charge >= 0.3 is 0 Å². The molecule has 5 heterocycles. The van der Waals surface area contributed by atoms with E-state index in [1.165, 1.54) is 27.7 Å². The van der Waals surface area contributed by atoms with Crippen LogP contribution in [0.5, 0.6) is 0 Å². The predicted octanol–water partition coefficient (Wildman–Crippen LogP) is 13.2. The number of nitrogens with one attached hydrogen (secondary N) is 3. The second-order valence-corrected chi connectivity index (χ2v) is 13.7. The molecule has 0 radical (unpaired) electrons. The molecular weight excluding hydrogens is 833 g/mol. The zero-order valence-corrected chi connectivity index (χ0v) is 30.4. The van der Waals surface area contributed by atoms with E-state index in [4.69, 9.17) is 0 Å². The molecule has 1 aliphatic rings. The van der Waals surface area contributed by atoms with Crippen LogP contribution in [0.4, 0.5) is 65.9 Å². The minimum Gasteiger partial charge on any atom is -0.354 e. The van der Waals surface area contributed by atoms with Crippen molar-refractivity contribution in [3.05, 3.63) is 134 Å². The van der Waals surface area contributed by atoms with Crippen molar-refractivity contribution in [3.8, 4) is 33.4 Å². The zero-order valence-electron chi connectivity index (χ0n) is 30.4. The molecule has 7 aromatic rings. The van der Waals surface area contributed by atoms with Crippen molar-refractivity contribution in [2.24, 2.45) is 0 Å². The summed E-state index contributed by atoms with van der Waals surface area (Å²) in [6.07, 6.45) is 0. The summed E-state index contributed by atoms with van der Waals surface area (Å²) in [6.45, 7) is 5.50. The molecule has 0 saturated carbocycles. The third-order valence-corrected chi connectivity index (χ3v) is 10.6. The van der Waals surface area contributed by atoms with Gasteiger partial charge in [0.05, 0.1) is 39.1 Å². The van der Waals surface area contributed by atoms with Gasteiger partial charge in [-0.2, -0.15) is 0 Å². The highest BCUT2D eigenvalue weighted by atomic mass is 19.2. The Morgan fingerprint density at radius 2 is 0.583 bits per heavy atom. The molecule has 4 aromatic heterocycles. The van der Waals surface area contributed by atoms with E-state index in [0.717, 1.165) is 24.3 Å². The van der Waals surface area contributed by atoms with Gasteiger partial charge in [-0.25, -0.2) is 70.8 Å². The van der Waals surface area contributed by atoms with E-state index in [2.05, 4.69) is 19.9 Å². The first-order valence-electron chi connectivity index (χ1n) is 17.1. The van der Waals surface area contributed by atoms with Crippen LogP contribution in [-0.2, 0) is 0 Å². The first kappa shape index (κ1) is 40.1. The standard InChI is InChI=1S/C41H19F15N4/c1-9-11(3)40-41-12(4)10(2)39(60-41)19(22-27(46)33(52)37(56)34(53)28(22)47)16-8-6-14(58-16)17(20-23(42)29(48)35(54)30(49)24(20)43)13-5-7-15(57-13)18(38(9)59-40)21-25(44)31(50)36(55)32(51)26(21)45/h5-8,57-59H,1-4H3. The quantitative estimate of drug-likeness (QED) is 0.0926. The molecule has 8 bridgehead atoms. The summed E-state index contributed by atoms with van der Waals surface area (Å²) < 4.78 is 227. The van der Waals surface area contributed by atoms with Gasteiger partial charge in [-0.3, -0.25) is 0 Å². The minimum absolute atomic E-state index is 0.0143. The summed E-state index contributed by atoms with van der Waals surface area (Å²) in [6, 6.07) is 3.56. The van der Waals surface area contributed by atoms with Crippen LogP contribution in [0.1, 0.15) is 36.4 Å². The molecule has 19 heteroatoms. The zero-order chi connectivity index (χ0) is 43.7. The molecule has 0 amide bonds. The normalized spacial score (nSPS) is 12.5. The van der Waals surface area contributed by atoms with E-state index in [1.807, 2.05) is 0 Å². The van der Waals surface area contributed by atoms with Crippen LogP contribution in [0, 0.1) is 101 Å². The predicted molar refractivity (Wildman–Crippen MR) is 190 cm³/mol. The number of rotatable bonds is 3. The van der Waals surface area contributed by atoms with Crippen LogP contribution in [-0.4, -0.2) is 19.9 Å². The van der Waals surface area contributed by atoms with Crippen molar-refractivity contribution in [2.75, 3.05) is 0 Å². The van der Waals surface area contributed by atoms with Crippen molar-refractivity contribution in [1.82, 2.24) is 19.9 Å². The average molecular weight is 853 g/mol. The van der Waals surface area contributed by atoms with Gasteiger partial charge in [0.25, 0.3) is 0 Å². The summed E-state index contributed by atoms with van der Waals surface area (Å²) in [5.41, 5.74) is -10.5. The Morgan fingerprint density at radius 3 is 0.983 bits per heavy atom. The van der Waals surface area contributed by atoms with Gasteiger partial charge in [0.1, 0.15) is 0 Å². The monoisotopic (exact) mass is 852 g/mol. The maximum absolute atomic E-state index is 15.8. The van der Waals surface area contributed by atoms with E-state index in [0.29, 0.717) is 0 Å². The van der Waals surface area contributed by atoms with Gasteiger partial charge in [-0.1, -0.05) is 0 Å². The molecule has 0 saturated heterocycles. The van der Waals surface area contributed by atoms with Crippen molar-refractivity contribution in [1.29, 1.82) is 0 Å². The Kier molecular flexibility index (Phi) is 9.17. The summed E-state index contributed by atoms with van der Waals surface area (Å²) in [5, 5.41) is 0. The first-order valence-corrected chi connectivity index (χ1v) is 17.1. The van der Waals surface area contributed by atoms with Crippen molar-refractivity contribution < 1.29 is 65.9 Å². The SMILES string of the molecule is CC1=C(C)c2nc1c(-c1c(F)c(F)c(F)c(F)c1F)c1ccc([nH]1)c(-c1c(F)c(F)c(F)c(F)c1F)c1ccc([nH]1)c(-c1c(F)c(F)c(F)c(F)c1F)c1[nH]c2c(C)c1C. The smallest absolute Gasteiger partial charge is 0.200 e. The van der Waals surface area contributed by atoms with E-state index in [1.54, 1.807) is 0 Å². The minimum atomic E-state index is -2.59. The average Bonchev–Trinajstić information content (AvgIpc) is 4.03. The number of H-pyrrole nitrogens is 3. The maximum Gasteiger partial charge on any atom is 0.200 e. The third kappa shape index (κ3) is 5.39. The van der Waals surface area contributed by atoms with Gasteiger partial charge in [-0.05, 0) is 74.2 Å². The van der Waals surface area contributed by atoms with Crippen LogP contribution < -0.4 is 0 Å². The highest BCUT2D eigenvalue weighted by Crippen LogP contribution is 2.45. The Balaban J connectivity index is 1.72. The number of aromatic amines is 3. The van der Waals surface area contributed by atoms with Crippen LogP contribution in [0.15, 0.2) is 24.3 Å². The third-order valence-electron chi connectivity index (χ3n) is 10.6. The number of aryl methyl sites for hydroxylation is 2. The fourth-order valence-corrected chi connectivity index (χ4v) is 7.33. The number of nitrogens with zero attached hydrogens (tertiary/aromatic N) is 1. The fraction of sp³-hybridized carbons (Fsp3) is 0.0976. The van der Waals surface area contributed by atoms with Gasteiger partial charge in [0.15, 0.2) is 69.8 Å². The molecule has 0 unspecified atom stereocenters. The van der Waals surface area contributed by atoms with E-state index in [-0.39, 0.29) is 39.0 Å². The molecule has 3 N–H and O–H groups in total. The molecule has 308 valence electrons. The summed E-state index contributed by atoms with van der Waals surface area (Å²) >= 11 is 0. The molecule has 0 atom stereocenters. The van der Waals surface area contributed by atoms with E-state index < -0.39 is 148 Å². The highest BCUT2D eigenvalue weighted by Gasteiger charge is 2.34. The second-order valence-electron chi connectivity index (χ2n) is 13.7. The molecule has 3 aromatic carbocycles. The largest absolute Gasteiger partial charge is 0.354 e. The lowest BCUT2D eigenvalue weighted by Crippen LogP contribution is -2.05. The van der Waals surface area contributed by atoms with Crippen molar-refractivity contribution >= 4 is 44.2 Å². The first-order chi connectivity index (χ1) is 28.2. The second kappa shape index (κ2) is 13.7. The molecule has 0 aliphatic carbocycles. The lowest BCUT2D eigenvalue weighted by atomic mass is 9.97. The summed E-state index contributed by atoms with van der Waals surface area (Å²) in [4.78, 5) is 12.3. The molecule has 60 heavy (non-hydrogen) atoms. The van der Waals surface area contributed by atoms with Gasteiger partial charge < -0.3 is 15.0 Å². The van der Waals surface area contributed by atoms with Crippen LogP contribution in [0.3, 0.4) is 0 Å². The molecule has 0 spiro atoms. The number of benzene rings is 3. The van der Waals surface area contributed by atoms with E-state index in [9.17, 15) is 39.5 Å². The molecule has 1 aliphatic heterocycles. The van der Waals surface area contributed by atoms with Crippen molar-refractivity contribution in [3.63, 3.8) is 0 Å². The lowest BCUT2D eigenvalue weighted by molar-refractivity contribution is 0.381. The lowest BCUT2D eigenvalue weighted by Gasteiger charge is -2.12. The Bertz CT molecular complexity index is 3180. The highest BCUT2D eigenvalue weighted by molar-refractivity contribution is 6.05. The number of hydrogen-bond acceptors (Lipinski definition) is 1. The Labute approximate surface area is 325 Å². The summed E-state index contributed by atoms with van der Waals surface area (Å²) in [5.74, 6) is -36.4. The molecule has 0 fully saturated rings. The van der Waals surface area contributed by atoms with Gasteiger partial charge in [0.2, 0.25) is 17.5 Å².